The van der Waals surface area contributed by atoms with E-state index in [1.165, 1.54) is 11.1 Å². The van der Waals surface area contributed by atoms with E-state index in [0.29, 0.717) is 0 Å². The second kappa shape index (κ2) is 7.60. The van der Waals surface area contributed by atoms with Crippen LogP contribution in [0.15, 0.2) is 39.7 Å². The number of nitrogens with zero attached hydrogens (tertiary/aromatic N) is 1. The van der Waals surface area contributed by atoms with E-state index in [4.69, 9.17) is 4.42 Å². The van der Waals surface area contributed by atoms with Crippen molar-refractivity contribution in [3.05, 3.63) is 52.1 Å². The molecule has 0 spiro atoms. The summed E-state index contributed by atoms with van der Waals surface area (Å²) in [6.45, 7) is 5.31. The second-order valence-corrected chi connectivity index (χ2v) is 5.79. The van der Waals surface area contributed by atoms with E-state index in [-0.39, 0.29) is 6.04 Å². The number of pyridine rings is 1. The third-order valence-electron chi connectivity index (χ3n) is 3.32. The molecule has 2 heterocycles. The van der Waals surface area contributed by atoms with Crippen LogP contribution in [0.5, 0.6) is 0 Å². The molecule has 0 saturated carbocycles. The van der Waals surface area contributed by atoms with Crippen molar-refractivity contribution in [3.63, 3.8) is 0 Å². The molecule has 0 amide bonds. The van der Waals surface area contributed by atoms with Crippen molar-refractivity contribution in [1.29, 1.82) is 0 Å². The third kappa shape index (κ3) is 3.93. The van der Waals surface area contributed by atoms with Crippen molar-refractivity contribution in [2.75, 3.05) is 6.54 Å². The van der Waals surface area contributed by atoms with E-state index < -0.39 is 0 Å². The minimum Gasteiger partial charge on any atom is -0.469 e. The molecule has 3 nitrogen and oxygen atoms in total. The maximum absolute atomic E-state index is 5.57. The van der Waals surface area contributed by atoms with Crippen LogP contribution in [0.2, 0.25) is 0 Å². The Kier molecular flexibility index (Phi) is 5.80. The number of aromatic nitrogens is 1. The summed E-state index contributed by atoms with van der Waals surface area (Å²) >= 11 is 3.48. The highest BCUT2D eigenvalue weighted by molar-refractivity contribution is 9.10. The van der Waals surface area contributed by atoms with Gasteiger partial charge in [-0.2, -0.15) is 0 Å². The highest BCUT2D eigenvalue weighted by atomic mass is 79.9. The van der Waals surface area contributed by atoms with Crippen LogP contribution in [0, 0.1) is 0 Å². The summed E-state index contributed by atoms with van der Waals surface area (Å²) in [6, 6.07) is 4.48. The first-order chi connectivity index (χ1) is 9.74. The number of aryl methyl sites for hydroxylation is 1. The first kappa shape index (κ1) is 15.3. The number of nitrogens with one attached hydrogen (secondary N) is 1. The molecule has 20 heavy (non-hydrogen) atoms. The van der Waals surface area contributed by atoms with Gasteiger partial charge in [0.15, 0.2) is 0 Å². The third-order valence-corrected chi connectivity index (χ3v) is 3.75. The summed E-state index contributed by atoms with van der Waals surface area (Å²) in [5.41, 5.74) is 2.48. The summed E-state index contributed by atoms with van der Waals surface area (Å²) < 4.78 is 6.59. The van der Waals surface area contributed by atoms with Gasteiger partial charge in [-0.1, -0.05) is 13.8 Å². The molecule has 4 heteroatoms. The molecule has 0 aliphatic carbocycles. The molecule has 0 radical (unpaired) electrons. The SMILES string of the molecule is CCCNC(Cc1cncc(Br)c1)c1ccoc1CC. The largest absolute Gasteiger partial charge is 0.469 e. The maximum Gasteiger partial charge on any atom is 0.108 e. The molecule has 1 unspecified atom stereocenters. The predicted molar refractivity (Wildman–Crippen MR) is 84.8 cm³/mol. The Morgan fingerprint density at radius 1 is 1.35 bits per heavy atom. The quantitative estimate of drug-likeness (QED) is 0.819. The van der Waals surface area contributed by atoms with Crippen LogP contribution >= 0.6 is 15.9 Å². The smallest absolute Gasteiger partial charge is 0.108 e. The van der Waals surface area contributed by atoms with Gasteiger partial charge < -0.3 is 9.73 Å². The number of halogens is 1. The van der Waals surface area contributed by atoms with E-state index >= 15 is 0 Å². The fraction of sp³-hybridized carbons (Fsp3) is 0.438. The topological polar surface area (TPSA) is 38.1 Å². The number of hydrogen-bond acceptors (Lipinski definition) is 3. The molecule has 0 fully saturated rings. The molecule has 0 aliphatic rings. The highest BCUT2D eigenvalue weighted by Gasteiger charge is 2.17. The Hall–Kier alpha value is -1.13. The van der Waals surface area contributed by atoms with Crippen molar-refractivity contribution >= 4 is 15.9 Å². The molecule has 108 valence electrons. The molecule has 0 aromatic carbocycles. The van der Waals surface area contributed by atoms with E-state index in [2.05, 4.69) is 52.2 Å². The average molecular weight is 337 g/mol. The van der Waals surface area contributed by atoms with Gasteiger partial charge in [0.2, 0.25) is 0 Å². The molecule has 1 N–H and O–H groups in total. The monoisotopic (exact) mass is 336 g/mol. The lowest BCUT2D eigenvalue weighted by Gasteiger charge is -2.18. The molecule has 0 bridgehead atoms. The summed E-state index contributed by atoms with van der Waals surface area (Å²) in [5, 5.41) is 3.61. The Bertz CT molecular complexity index is 539. The van der Waals surface area contributed by atoms with Crippen LogP contribution < -0.4 is 5.32 Å². The highest BCUT2D eigenvalue weighted by Crippen LogP contribution is 2.24. The van der Waals surface area contributed by atoms with E-state index in [9.17, 15) is 0 Å². The van der Waals surface area contributed by atoms with Crippen LogP contribution in [0.1, 0.15) is 43.2 Å². The summed E-state index contributed by atoms with van der Waals surface area (Å²) in [6.07, 6.45) is 8.48. The first-order valence-electron chi connectivity index (χ1n) is 7.13. The Morgan fingerprint density at radius 3 is 2.90 bits per heavy atom. The maximum atomic E-state index is 5.57. The summed E-state index contributed by atoms with van der Waals surface area (Å²) in [4.78, 5) is 4.24. The molecular weight excluding hydrogens is 316 g/mol. The number of hydrogen-bond donors (Lipinski definition) is 1. The molecular formula is C16H21BrN2O. The van der Waals surface area contributed by atoms with Crippen molar-refractivity contribution in [1.82, 2.24) is 10.3 Å². The average Bonchev–Trinajstić information content (AvgIpc) is 2.92. The van der Waals surface area contributed by atoms with Crippen LogP contribution in [0.25, 0.3) is 0 Å². The van der Waals surface area contributed by atoms with Gasteiger partial charge >= 0.3 is 0 Å². The van der Waals surface area contributed by atoms with Gasteiger partial charge in [-0.3, -0.25) is 4.98 Å². The number of rotatable bonds is 7. The zero-order valence-electron chi connectivity index (χ0n) is 12.0. The Labute approximate surface area is 128 Å². The lowest BCUT2D eigenvalue weighted by Crippen LogP contribution is -2.24. The zero-order chi connectivity index (χ0) is 14.4. The fourth-order valence-corrected chi connectivity index (χ4v) is 2.77. The van der Waals surface area contributed by atoms with Gasteiger partial charge in [-0.25, -0.2) is 0 Å². The standard InChI is InChI=1S/C16H21BrN2O/c1-3-6-19-15(14-5-7-20-16(14)4-2)9-12-8-13(17)11-18-10-12/h5,7-8,10-11,15,19H,3-4,6,9H2,1-2H3. The van der Waals surface area contributed by atoms with Gasteiger partial charge in [0.25, 0.3) is 0 Å². The summed E-state index contributed by atoms with van der Waals surface area (Å²) in [7, 11) is 0. The van der Waals surface area contributed by atoms with Crippen molar-refractivity contribution < 1.29 is 4.42 Å². The first-order valence-corrected chi connectivity index (χ1v) is 7.93. The lowest BCUT2D eigenvalue weighted by molar-refractivity contribution is 0.481. The van der Waals surface area contributed by atoms with E-state index in [1.807, 2.05) is 12.4 Å². The normalized spacial score (nSPS) is 12.6. The van der Waals surface area contributed by atoms with Crippen LogP contribution in [0.4, 0.5) is 0 Å². The van der Waals surface area contributed by atoms with E-state index in [1.54, 1.807) is 6.26 Å². The molecule has 2 rings (SSSR count). The number of furan rings is 1. The van der Waals surface area contributed by atoms with Gasteiger partial charge in [0.05, 0.1) is 6.26 Å². The van der Waals surface area contributed by atoms with Crippen molar-refractivity contribution in [2.45, 2.75) is 39.2 Å². The molecule has 0 aliphatic heterocycles. The molecule has 2 aromatic heterocycles. The second-order valence-electron chi connectivity index (χ2n) is 4.87. The fourth-order valence-electron chi connectivity index (χ4n) is 2.36. The lowest BCUT2D eigenvalue weighted by atomic mass is 9.99. The Morgan fingerprint density at radius 2 is 2.20 bits per heavy atom. The molecule has 1 atom stereocenters. The van der Waals surface area contributed by atoms with Crippen LogP contribution in [-0.4, -0.2) is 11.5 Å². The van der Waals surface area contributed by atoms with Gasteiger partial charge in [0, 0.05) is 34.9 Å². The molecule has 2 aromatic rings. The van der Waals surface area contributed by atoms with Crippen molar-refractivity contribution in [2.24, 2.45) is 0 Å². The van der Waals surface area contributed by atoms with Crippen molar-refractivity contribution in [3.8, 4) is 0 Å². The van der Waals surface area contributed by atoms with Crippen LogP contribution in [0.3, 0.4) is 0 Å². The predicted octanol–water partition coefficient (Wildman–Crippen LogP) is 4.28. The zero-order valence-corrected chi connectivity index (χ0v) is 13.6. The van der Waals surface area contributed by atoms with Gasteiger partial charge in [-0.15, -0.1) is 0 Å². The minimum atomic E-state index is 0.278. The Balaban J connectivity index is 2.19. The van der Waals surface area contributed by atoms with Gasteiger partial charge in [0.1, 0.15) is 5.76 Å². The van der Waals surface area contributed by atoms with Crippen LogP contribution in [-0.2, 0) is 12.8 Å². The van der Waals surface area contributed by atoms with Gasteiger partial charge in [-0.05, 0) is 53.0 Å². The molecule has 0 saturated heterocycles. The minimum absolute atomic E-state index is 0.278. The van der Waals surface area contributed by atoms with E-state index in [0.717, 1.165) is 36.0 Å². The summed E-state index contributed by atoms with van der Waals surface area (Å²) in [5.74, 6) is 1.07.